The van der Waals surface area contributed by atoms with Crippen molar-refractivity contribution in [2.24, 2.45) is 11.1 Å². The number of hydrogen-bond acceptors (Lipinski definition) is 8. The maximum Gasteiger partial charge on any atom is 0.272 e. The Kier molecular flexibility index (Phi) is 11.2. The lowest BCUT2D eigenvalue weighted by Crippen LogP contribution is -2.46. The zero-order valence-electron chi connectivity index (χ0n) is 27.3. The van der Waals surface area contributed by atoms with Crippen LogP contribution in [0.2, 0.25) is 10.0 Å². The molecule has 2 aliphatic rings. The molecule has 0 saturated carbocycles. The molecule has 0 bridgehead atoms. The summed E-state index contributed by atoms with van der Waals surface area (Å²) in [4.78, 5) is 35.8. The molecule has 0 fully saturated rings. The van der Waals surface area contributed by atoms with E-state index in [0.29, 0.717) is 47.6 Å². The summed E-state index contributed by atoms with van der Waals surface area (Å²) in [5.74, 6) is 0.699. The number of nitrogens with one attached hydrogen (secondary N) is 2. The van der Waals surface area contributed by atoms with E-state index in [1.807, 2.05) is 61.7 Å². The van der Waals surface area contributed by atoms with Gasteiger partial charge in [0.05, 0.1) is 30.6 Å². The molecule has 14 heteroatoms. The number of halogens is 2. The Bertz CT molecular complexity index is 1750. The Morgan fingerprint density at radius 1 is 0.896 bits per heavy atom. The number of aliphatic hydroxyl groups excluding tert-OH is 2. The Balaban J connectivity index is 0.000000204. The summed E-state index contributed by atoms with van der Waals surface area (Å²) in [5.41, 5.74) is 9.30. The van der Waals surface area contributed by atoms with Gasteiger partial charge in [0.25, 0.3) is 11.8 Å². The molecule has 1 atom stereocenters. The number of β-amino-alcohol motifs (C(OH)–C–C–N with tert-alkyl or cyclic N) is 1. The Morgan fingerprint density at radius 2 is 1.46 bits per heavy atom. The first-order valence-electron chi connectivity index (χ1n) is 15.9. The number of aromatic nitrogens is 4. The average molecular weight is 698 g/mol. The number of imidazole rings is 2. The molecular formula is C34H42Cl2N8O4. The molecule has 256 valence electrons. The molecule has 2 aromatic heterocycles. The van der Waals surface area contributed by atoms with Crippen LogP contribution < -0.4 is 16.4 Å². The number of carbonyl (C=O) groups excluding carboxylic acids is 2. The van der Waals surface area contributed by atoms with E-state index in [1.165, 1.54) is 0 Å². The molecule has 6 rings (SSSR count). The highest BCUT2D eigenvalue weighted by molar-refractivity contribution is 6.30. The van der Waals surface area contributed by atoms with Gasteiger partial charge in [-0.15, -0.1) is 0 Å². The van der Waals surface area contributed by atoms with Crippen molar-refractivity contribution in [3.05, 3.63) is 81.4 Å². The Labute approximate surface area is 289 Å². The third-order valence-corrected chi connectivity index (χ3v) is 9.07. The third kappa shape index (κ3) is 7.91. The highest BCUT2D eigenvalue weighted by atomic mass is 35.5. The predicted molar refractivity (Wildman–Crippen MR) is 186 cm³/mol. The fraction of sp³-hybridized carbons (Fsp3) is 0.412. The van der Waals surface area contributed by atoms with Crippen LogP contribution >= 0.6 is 23.2 Å². The minimum atomic E-state index is -0.493. The van der Waals surface area contributed by atoms with Crippen LogP contribution in [0.4, 0.5) is 0 Å². The summed E-state index contributed by atoms with van der Waals surface area (Å²) in [6.45, 7) is 10.6. The summed E-state index contributed by atoms with van der Waals surface area (Å²) in [6.07, 6.45) is 0. The number of aliphatic hydroxyl groups is 2. The highest BCUT2D eigenvalue weighted by Gasteiger charge is 2.31. The minimum absolute atomic E-state index is 0.0658. The van der Waals surface area contributed by atoms with Crippen molar-refractivity contribution in [1.82, 2.24) is 34.6 Å². The van der Waals surface area contributed by atoms with Gasteiger partial charge < -0.3 is 35.7 Å². The largest absolute Gasteiger partial charge is 0.395 e. The SMILES string of the molecule is CC(C)(C)[C@@H](CO)NC(=O)c1nc(-c2ccc(Cl)cc2)n2c1CN(CCO)CC2.NC(=O)c1nc(-c2ccc(Cl)cc2)n2c1CNCC2. The van der Waals surface area contributed by atoms with Crippen molar-refractivity contribution >= 4 is 35.0 Å². The fourth-order valence-corrected chi connectivity index (χ4v) is 6.09. The van der Waals surface area contributed by atoms with Crippen molar-refractivity contribution in [1.29, 1.82) is 0 Å². The quantitative estimate of drug-likeness (QED) is 0.187. The van der Waals surface area contributed by atoms with Gasteiger partial charge in [0.2, 0.25) is 0 Å². The third-order valence-electron chi connectivity index (χ3n) is 8.57. The minimum Gasteiger partial charge on any atom is -0.395 e. The van der Waals surface area contributed by atoms with E-state index in [4.69, 9.17) is 33.9 Å². The van der Waals surface area contributed by atoms with Crippen LogP contribution in [0.1, 0.15) is 53.1 Å². The van der Waals surface area contributed by atoms with E-state index < -0.39 is 5.91 Å². The molecule has 0 saturated heterocycles. The number of fused-ring (bicyclic) bond motifs is 2. The van der Waals surface area contributed by atoms with E-state index in [9.17, 15) is 19.8 Å². The molecule has 6 N–H and O–H groups in total. The second-order valence-electron chi connectivity index (χ2n) is 12.9. The monoisotopic (exact) mass is 696 g/mol. The van der Waals surface area contributed by atoms with Gasteiger partial charge in [-0.25, -0.2) is 9.97 Å². The number of nitrogens with zero attached hydrogens (tertiary/aromatic N) is 5. The number of rotatable bonds is 8. The van der Waals surface area contributed by atoms with Crippen molar-refractivity contribution in [3.63, 3.8) is 0 Å². The Morgan fingerprint density at radius 3 is 1.98 bits per heavy atom. The first-order valence-corrected chi connectivity index (χ1v) is 16.6. The standard InChI is InChI=1S/C21H29ClN4O3.C13H13ClN4O/c1-21(2,3)17(13-28)23-20(29)18-16-12-25(10-11-27)8-9-26(16)19(24-18)14-4-6-15(22)7-5-14;14-9-3-1-8(2-4-9)13-17-11(12(15)19)10-7-16-5-6-18(10)13/h4-7,17,27-28H,8-13H2,1-3H3,(H,23,29);1-4,16H,5-7H2,(H2,15,19)/t17-;/m1./s1. The number of amides is 2. The van der Waals surface area contributed by atoms with Crippen LogP contribution in [0.5, 0.6) is 0 Å². The molecule has 0 aliphatic carbocycles. The maximum absolute atomic E-state index is 13.1. The molecule has 12 nitrogen and oxygen atoms in total. The normalized spacial score (nSPS) is 15.1. The van der Waals surface area contributed by atoms with Crippen LogP contribution in [-0.2, 0) is 26.2 Å². The molecule has 4 heterocycles. The molecule has 48 heavy (non-hydrogen) atoms. The smallest absolute Gasteiger partial charge is 0.272 e. The van der Waals surface area contributed by atoms with Crippen molar-refractivity contribution in [2.75, 3.05) is 32.8 Å². The summed E-state index contributed by atoms with van der Waals surface area (Å²) in [7, 11) is 0. The number of benzene rings is 2. The lowest BCUT2D eigenvalue weighted by molar-refractivity contribution is 0.0839. The zero-order chi connectivity index (χ0) is 34.6. The molecule has 0 unspecified atom stereocenters. The van der Waals surface area contributed by atoms with Gasteiger partial charge in [-0.3, -0.25) is 14.5 Å². The van der Waals surface area contributed by atoms with Crippen molar-refractivity contribution in [3.8, 4) is 22.8 Å². The number of primary amides is 1. The lowest BCUT2D eigenvalue weighted by atomic mass is 9.87. The Hall–Kier alpha value is -3.78. The summed E-state index contributed by atoms with van der Waals surface area (Å²) >= 11 is 11.9. The van der Waals surface area contributed by atoms with Gasteiger partial charge in [-0.2, -0.15) is 0 Å². The van der Waals surface area contributed by atoms with Gasteiger partial charge >= 0.3 is 0 Å². The maximum atomic E-state index is 13.1. The van der Waals surface area contributed by atoms with Gasteiger partial charge in [0.15, 0.2) is 11.4 Å². The van der Waals surface area contributed by atoms with Crippen LogP contribution in [0.3, 0.4) is 0 Å². The predicted octanol–water partition coefficient (Wildman–Crippen LogP) is 3.55. The molecule has 2 aromatic carbocycles. The van der Waals surface area contributed by atoms with Crippen LogP contribution in [0.25, 0.3) is 22.8 Å². The van der Waals surface area contributed by atoms with E-state index in [2.05, 4.69) is 25.1 Å². The highest BCUT2D eigenvalue weighted by Crippen LogP contribution is 2.29. The van der Waals surface area contributed by atoms with Crippen molar-refractivity contribution < 1.29 is 19.8 Å². The molecule has 2 aliphatic heterocycles. The second kappa shape index (κ2) is 15.2. The lowest BCUT2D eigenvalue weighted by Gasteiger charge is -2.30. The van der Waals surface area contributed by atoms with E-state index >= 15 is 0 Å². The first kappa shape index (κ1) is 35.5. The molecule has 0 spiro atoms. The molecular weight excluding hydrogens is 655 g/mol. The van der Waals surface area contributed by atoms with Crippen LogP contribution in [0, 0.1) is 5.41 Å². The average Bonchev–Trinajstić information content (AvgIpc) is 3.64. The van der Waals surface area contributed by atoms with Crippen LogP contribution in [-0.4, -0.2) is 84.9 Å². The molecule has 4 aromatic rings. The summed E-state index contributed by atoms with van der Waals surface area (Å²) in [6, 6.07) is 14.4. The summed E-state index contributed by atoms with van der Waals surface area (Å²) in [5, 5.41) is 26.5. The van der Waals surface area contributed by atoms with Gasteiger partial charge in [-0.1, -0.05) is 44.0 Å². The zero-order valence-corrected chi connectivity index (χ0v) is 28.9. The van der Waals surface area contributed by atoms with E-state index in [0.717, 1.165) is 53.8 Å². The fourth-order valence-electron chi connectivity index (χ4n) is 5.84. The second-order valence-corrected chi connectivity index (χ2v) is 13.8. The van der Waals surface area contributed by atoms with Crippen molar-refractivity contribution in [2.45, 2.75) is 53.0 Å². The number of carbonyl (C=O) groups is 2. The van der Waals surface area contributed by atoms with Gasteiger partial charge in [0.1, 0.15) is 11.6 Å². The molecule has 0 radical (unpaired) electrons. The topological polar surface area (TPSA) is 164 Å². The number of nitrogens with two attached hydrogens (primary N) is 1. The first-order chi connectivity index (χ1) is 22.9. The summed E-state index contributed by atoms with van der Waals surface area (Å²) < 4.78 is 4.11. The van der Waals surface area contributed by atoms with Crippen LogP contribution in [0.15, 0.2) is 48.5 Å². The number of hydrogen-bond donors (Lipinski definition) is 5. The van der Waals surface area contributed by atoms with Gasteiger partial charge in [-0.05, 0) is 53.9 Å². The van der Waals surface area contributed by atoms with E-state index in [-0.39, 0.29) is 30.6 Å². The molecule has 2 amide bonds. The van der Waals surface area contributed by atoms with Gasteiger partial charge in [0, 0.05) is 67.0 Å². The van der Waals surface area contributed by atoms with E-state index in [1.54, 1.807) is 12.1 Å².